The van der Waals surface area contributed by atoms with Crippen LogP contribution in [0.4, 0.5) is 0 Å². The van der Waals surface area contributed by atoms with Gasteiger partial charge in [-0.3, -0.25) is 4.79 Å². The minimum absolute atomic E-state index is 0.0661. The Morgan fingerprint density at radius 3 is 2.84 bits per heavy atom. The predicted octanol–water partition coefficient (Wildman–Crippen LogP) is 2.11. The van der Waals surface area contributed by atoms with Crippen LogP contribution in [0.5, 0.6) is 11.5 Å². The number of phenols is 2. The summed E-state index contributed by atoms with van der Waals surface area (Å²) in [5, 5.41) is 19.5. The number of aromatic nitrogens is 3. The summed E-state index contributed by atoms with van der Waals surface area (Å²) >= 11 is 6.64. The molecule has 0 aliphatic heterocycles. The van der Waals surface area contributed by atoms with E-state index in [1.165, 1.54) is 12.4 Å². The van der Waals surface area contributed by atoms with Crippen molar-refractivity contribution in [3.05, 3.63) is 33.0 Å². The maximum atomic E-state index is 11.8. The van der Waals surface area contributed by atoms with E-state index >= 15 is 0 Å². The maximum Gasteiger partial charge on any atom is 0.261 e. The lowest BCUT2D eigenvalue weighted by molar-refractivity contribution is 0.452. The van der Waals surface area contributed by atoms with Gasteiger partial charge < -0.3 is 15.2 Å². The van der Waals surface area contributed by atoms with Crippen LogP contribution in [0.3, 0.4) is 0 Å². The summed E-state index contributed by atoms with van der Waals surface area (Å²) in [7, 11) is 0. The summed E-state index contributed by atoms with van der Waals surface area (Å²) in [6, 6.07) is 2.45. The first-order chi connectivity index (χ1) is 9.06. The number of aromatic hydroxyl groups is 2. The molecule has 19 heavy (non-hydrogen) atoms. The van der Waals surface area contributed by atoms with Crippen LogP contribution in [0, 0.1) is 0 Å². The number of benzene rings is 1. The van der Waals surface area contributed by atoms with Crippen LogP contribution < -0.4 is 4.74 Å². The lowest BCUT2D eigenvalue weighted by Crippen LogP contribution is -1.98. The highest BCUT2D eigenvalue weighted by atomic mass is 35.5. The van der Waals surface area contributed by atoms with Crippen molar-refractivity contribution >= 4 is 34.1 Å². The number of hydrogen-bond acceptors (Lipinski definition) is 6. The van der Waals surface area contributed by atoms with Crippen LogP contribution in [-0.4, -0.2) is 25.2 Å². The summed E-state index contributed by atoms with van der Waals surface area (Å²) in [6.45, 7) is 0. The molecule has 8 heteroatoms. The van der Waals surface area contributed by atoms with E-state index in [1.807, 2.05) is 0 Å². The van der Waals surface area contributed by atoms with Crippen molar-refractivity contribution in [2.24, 2.45) is 0 Å². The van der Waals surface area contributed by atoms with Crippen molar-refractivity contribution in [3.63, 3.8) is 0 Å². The van der Waals surface area contributed by atoms with E-state index in [0.29, 0.717) is 5.52 Å². The number of nitrogens with one attached hydrogen (secondary N) is 1. The molecule has 3 N–H and O–H groups in total. The van der Waals surface area contributed by atoms with Gasteiger partial charge in [0.2, 0.25) is 0 Å². The SMILES string of the molecule is O=c1sc(-c2cc(Cl)c(O)cc2O)nc2nc[nH]c12. The number of phenolic OH excluding ortho intramolecular Hbond substituents is 2. The molecular formula is C11H6ClN3O3S. The highest BCUT2D eigenvalue weighted by molar-refractivity contribution is 7.13. The second-order valence-electron chi connectivity index (χ2n) is 3.73. The summed E-state index contributed by atoms with van der Waals surface area (Å²) in [6.07, 6.45) is 1.37. The number of aromatic amines is 1. The molecule has 0 fully saturated rings. The molecule has 0 spiro atoms. The van der Waals surface area contributed by atoms with Crippen molar-refractivity contribution in [2.45, 2.75) is 0 Å². The standard InChI is InChI=1S/C11H6ClN3O3S/c12-5-1-4(6(16)2-7(5)17)10-15-9-8(11(18)19-10)13-3-14-9/h1-3,16-17H,(H,13,14). The van der Waals surface area contributed by atoms with Crippen molar-refractivity contribution in [3.8, 4) is 22.1 Å². The zero-order valence-electron chi connectivity index (χ0n) is 9.22. The fourth-order valence-electron chi connectivity index (χ4n) is 1.62. The molecule has 96 valence electrons. The number of halogens is 1. The number of hydrogen-bond donors (Lipinski definition) is 3. The summed E-state index contributed by atoms with van der Waals surface area (Å²) in [5.41, 5.74) is 0.857. The number of fused-ring (bicyclic) bond motifs is 1. The highest BCUT2D eigenvalue weighted by Crippen LogP contribution is 2.37. The molecule has 2 heterocycles. The number of rotatable bonds is 1. The Balaban J connectivity index is 2.30. The molecule has 0 radical (unpaired) electrons. The van der Waals surface area contributed by atoms with Crippen LogP contribution in [0.25, 0.3) is 21.7 Å². The van der Waals surface area contributed by atoms with E-state index < -0.39 is 0 Å². The van der Waals surface area contributed by atoms with Crippen molar-refractivity contribution < 1.29 is 10.2 Å². The average molecular weight is 296 g/mol. The molecule has 1 aromatic carbocycles. The third kappa shape index (κ3) is 1.92. The second kappa shape index (κ2) is 4.22. The normalized spacial score (nSPS) is 11.0. The molecule has 2 aromatic heterocycles. The summed E-state index contributed by atoms with van der Waals surface area (Å²) < 4.78 is -0.249. The molecule has 0 bridgehead atoms. The van der Waals surface area contributed by atoms with Gasteiger partial charge in [-0.05, 0) is 6.07 Å². The third-order valence-electron chi connectivity index (χ3n) is 2.52. The Labute approximate surface area is 115 Å². The van der Waals surface area contributed by atoms with Crippen LogP contribution in [0.15, 0.2) is 23.3 Å². The zero-order chi connectivity index (χ0) is 13.6. The van der Waals surface area contributed by atoms with Crippen LogP contribution in [0.1, 0.15) is 0 Å². The first-order valence-electron chi connectivity index (χ1n) is 5.12. The van der Waals surface area contributed by atoms with Crippen LogP contribution in [-0.2, 0) is 0 Å². The Bertz CT molecular complexity index is 843. The Morgan fingerprint density at radius 2 is 2.05 bits per heavy atom. The van der Waals surface area contributed by atoms with E-state index in [4.69, 9.17) is 11.6 Å². The van der Waals surface area contributed by atoms with Gasteiger partial charge in [0.15, 0.2) is 5.65 Å². The minimum Gasteiger partial charge on any atom is -0.507 e. The molecule has 0 unspecified atom stereocenters. The predicted molar refractivity (Wildman–Crippen MR) is 71.8 cm³/mol. The van der Waals surface area contributed by atoms with Gasteiger partial charge in [-0.25, -0.2) is 9.97 Å². The van der Waals surface area contributed by atoms with Gasteiger partial charge in [0, 0.05) is 6.07 Å². The third-order valence-corrected chi connectivity index (χ3v) is 3.71. The first-order valence-corrected chi connectivity index (χ1v) is 6.32. The maximum absolute atomic E-state index is 11.8. The highest BCUT2D eigenvalue weighted by Gasteiger charge is 2.14. The van der Waals surface area contributed by atoms with Gasteiger partial charge in [-0.2, -0.15) is 0 Å². The molecular weight excluding hydrogens is 290 g/mol. The van der Waals surface area contributed by atoms with Crippen molar-refractivity contribution in [1.29, 1.82) is 0 Å². The molecule has 6 nitrogen and oxygen atoms in total. The molecule has 0 saturated heterocycles. The number of imidazole rings is 1. The Kier molecular flexibility index (Phi) is 2.65. The van der Waals surface area contributed by atoms with E-state index in [2.05, 4.69) is 15.0 Å². The van der Waals surface area contributed by atoms with Gasteiger partial charge in [0.25, 0.3) is 4.74 Å². The van der Waals surface area contributed by atoms with Crippen molar-refractivity contribution in [1.82, 2.24) is 15.0 Å². The fourth-order valence-corrected chi connectivity index (χ4v) is 2.61. The van der Waals surface area contributed by atoms with Crippen LogP contribution >= 0.6 is 22.9 Å². The first kappa shape index (κ1) is 11.9. The molecule has 0 atom stereocenters. The summed E-state index contributed by atoms with van der Waals surface area (Å²) in [4.78, 5) is 22.6. The molecule has 0 aliphatic rings. The molecule has 3 aromatic rings. The largest absolute Gasteiger partial charge is 0.507 e. The van der Waals surface area contributed by atoms with Gasteiger partial charge in [0.1, 0.15) is 22.0 Å². The van der Waals surface area contributed by atoms with Gasteiger partial charge in [-0.1, -0.05) is 22.9 Å². The Hall–Kier alpha value is -2.12. The van der Waals surface area contributed by atoms with Gasteiger partial charge in [-0.15, -0.1) is 0 Å². The van der Waals surface area contributed by atoms with Gasteiger partial charge >= 0.3 is 0 Å². The number of nitrogens with zero attached hydrogens (tertiary/aromatic N) is 2. The molecule has 0 amide bonds. The van der Waals surface area contributed by atoms with Crippen molar-refractivity contribution in [2.75, 3.05) is 0 Å². The van der Waals surface area contributed by atoms with Gasteiger partial charge in [0.05, 0.1) is 16.9 Å². The monoisotopic (exact) mass is 295 g/mol. The zero-order valence-corrected chi connectivity index (χ0v) is 10.8. The molecule has 0 aliphatic carbocycles. The van der Waals surface area contributed by atoms with Crippen LogP contribution in [0.2, 0.25) is 5.02 Å². The Morgan fingerprint density at radius 1 is 1.26 bits per heavy atom. The van der Waals surface area contributed by atoms with E-state index in [0.717, 1.165) is 17.4 Å². The average Bonchev–Trinajstić information content (AvgIpc) is 2.82. The lowest BCUT2D eigenvalue weighted by Gasteiger charge is -2.05. The minimum atomic E-state index is -0.249. The number of H-pyrrole nitrogens is 1. The molecule has 0 saturated carbocycles. The van der Waals surface area contributed by atoms with E-state index in [-0.39, 0.29) is 37.5 Å². The topological polar surface area (TPSA) is 99.1 Å². The van der Waals surface area contributed by atoms with E-state index in [1.54, 1.807) is 0 Å². The quantitative estimate of drug-likeness (QED) is 0.638. The molecule has 3 rings (SSSR count). The lowest BCUT2D eigenvalue weighted by atomic mass is 10.2. The van der Waals surface area contributed by atoms with E-state index in [9.17, 15) is 15.0 Å². The fraction of sp³-hybridized carbons (Fsp3) is 0. The second-order valence-corrected chi connectivity index (χ2v) is 5.10. The summed E-state index contributed by atoms with van der Waals surface area (Å²) in [5.74, 6) is -0.448. The smallest absolute Gasteiger partial charge is 0.261 e.